The normalized spacial score (nSPS) is 13.9. The Hall–Kier alpha value is -3.28. The molecule has 2 amide bonds. The second-order valence-electron chi connectivity index (χ2n) is 6.10. The molecule has 0 aromatic heterocycles. The van der Waals surface area contributed by atoms with Crippen molar-refractivity contribution in [2.24, 2.45) is 0 Å². The molecule has 2 aromatic carbocycles. The summed E-state index contributed by atoms with van der Waals surface area (Å²) in [6, 6.07) is 12.7. The topological polar surface area (TPSA) is 67.9 Å². The van der Waals surface area contributed by atoms with Crippen LogP contribution >= 0.6 is 0 Å². The number of carbonyl (C=O) groups excluding carboxylic acids is 2. The van der Waals surface area contributed by atoms with Gasteiger partial charge in [-0.2, -0.15) is 0 Å². The van der Waals surface area contributed by atoms with E-state index >= 15 is 0 Å². The highest BCUT2D eigenvalue weighted by molar-refractivity contribution is 6.06. The number of hydrogen-bond acceptors (Lipinski definition) is 4. The summed E-state index contributed by atoms with van der Waals surface area (Å²) in [6.07, 6.45) is 4.49. The van der Waals surface area contributed by atoms with Crippen LogP contribution in [-0.4, -0.2) is 32.6 Å². The molecule has 1 saturated heterocycles. The van der Waals surface area contributed by atoms with Crippen LogP contribution in [0, 0.1) is 0 Å². The van der Waals surface area contributed by atoms with Crippen LogP contribution in [0.5, 0.6) is 11.5 Å². The summed E-state index contributed by atoms with van der Waals surface area (Å²) in [5.41, 5.74) is 2.10. The van der Waals surface area contributed by atoms with Crippen LogP contribution < -0.4 is 19.7 Å². The number of nitrogens with one attached hydrogen (secondary N) is 1. The van der Waals surface area contributed by atoms with Crippen LogP contribution in [0.25, 0.3) is 6.08 Å². The number of anilines is 2. The summed E-state index contributed by atoms with van der Waals surface area (Å²) in [7, 11) is 3.15. The zero-order valence-corrected chi connectivity index (χ0v) is 15.4. The molecule has 1 aliphatic heterocycles. The molecule has 6 nitrogen and oxygen atoms in total. The van der Waals surface area contributed by atoms with Crippen molar-refractivity contribution in [1.29, 1.82) is 0 Å². The maximum Gasteiger partial charge on any atom is 0.248 e. The summed E-state index contributed by atoms with van der Waals surface area (Å²) in [6.45, 7) is 0.671. The van der Waals surface area contributed by atoms with Gasteiger partial charge in [-0.05, 0) is 36.8 Å². The molecule has 1 heterocycles. The first kappa shape index (κ1) is 18.5. The Morgan fingerprint density at radius 2 is 1.96 bits per heavy atom. The molecule has 6 heteroatoms. The first-order valence-electron chi connectivity index (χ1n) is 8.73. The first-order valence-corrected chi connectivity index (χ1v) is 8.73. The van der Waals surface area contributed by atoms with Gasteiger partial charge in [0, 0.05) is 30.7 Å². The van der Waals surface area contributed by atoms with E-state index in [9.17, 15) is 9.59 Å². The maximum atomic E-state index is 12.4. The second-order valence-corrected chi connectivity index (χ2v) is 6.10. The molecule has 0 radical (unpaired) electrons. The molecule has 0 atom stereocenters. The number of benzene rings is 2. The Bertz CT molecular complexity index is 876. The number of nitrogens with zero attached hydrogens (tertiary/aromatic N) is 1. The van der Waals surface area contributed by atoms with Gasteiger partial charge in [-0.15, -0.1) is 0 Å². The van der Waals surface area contributed by atoms with E-state index in [1.54, 1.807) is 43.4 Å². The molecule has 1 aliphatic rings. The van der Waals surface area contributed by atoms with Gasteiger partial charge in [0.15, 0.2) is 0 Å². The molecule has 0 bridgehead atoms. The summed E-state index contributed by atoms with van der Waals surface area (Å²) >= 11 is 0. The number of ether oxygens (including phenoxy) is 2. The minimum atomic E-state index is -0.285. The lowest BCUT2D eigenvalue weighted by Gasteiger charge is -2.19. The van der Waals surface area contributed by atoms with Gasteiger partial charge in [-0.1, -0.05) is 12.1 Å². The fourth-order valence-corrected chi connectivity index (χ4v) is 3.01. The third-order valence-electron chi connectivity index (χ3n) is 4.38. The smallest absolute Gasteiger partial charge is 0.248 e. The van der Waals surface area contributed by atoms with Crippen LogP contribution in [0.15, 0.2) is 48.5 Å². The van der Waals surface area contributed by atoms with Crippen molar-refractivity contribution < 1.29 is 19.1 Å². The Kier molecular flexibility index (Phi) is 5.76. The van der Waals surface area contributed by atoms with Crippen molar-refractivity contribution in [2.45, 2.75) is 12.8 Å². The van der Waals surface area contributed by atoms with Crippen molar-refractivity contribution in [2.75, 3.05) is 31.0 Å². The van der Waals surface area contributed by atoms with E-state index in [4.69, 9.17) is 9.47 Å². The molecular formula is C21H22N2O4. The number of carbonyl (C=O) groups is 2. The van der Waals surface area contributed by atoms with Crippen molar-refractivity contribution in [3.8, 4) is 11.5 Å². The number of methoxy groups -OCH3 is 2. The first-order chi connectivity index (χ1) is 13.1. The number of para-hydroxylation sites is 2. The molecule has 0 unspecified atom stereocenters. The van der Waals surface area contributed by atoms with E-state index in [-0.39, 0.29) is 11.8 Å². The van der Waals surface area contributed by atoms with Gasteiger partial charge in [0.2, 0.25) is 11.8 Å². The monoisotopic (exact) mass is 366 g/mol. The van der Waals surface area contributed by atoms with E-state index in [2.05, 4.69) is 5.32 Å². The van der Waals surface area contributed by atoms with Crippen LogP contribution in [0.1, 0.15) is 18.4 Å². The number of amides is 2. The summed E-state index contributed by atoms with van der Waals surface area (Å²) in [5.74, 6) is 1.08. The fraction of sp³-hybridized carbons (Fsp3) is 0.238. The van der Waals surface area contributed by atoms with Crippen LogP contribution in [-0.2, 0) is 9.59 Å². The highest BCUT2D eigenvalue weighted by Gasteiger charge is 2.23. The standard InChI is InChI=1S/C21H22N2O4/c1-26-16-11-9-15(19(14-16)27-2)10-12-20(24)22-17-6-3-4-7-18(17)23-13-5-8-21(23)25/h3-4,6-7,9-12,14H,5,8,13H2,1-2H3,(H,22,24)/b12-10+. The van der Waals surface area contributed by atoms with Gasteiger partial charge >= 0.3 is 0 Å². The molecule has 1 fully saturated rings. The van der Waals surface area contributed by atoms with Gasteiger partial charge < -0.3 is 19.7 Å². The average Bonchev–Trinajstić information content (AvgIpc) is 3.12. The fourth-order valence-electron chi connectivity index (χ4n) is 3.01. The molecule has 0 saturated carbocycles. The molecular weight excluding hydrogens is 344 g/mol. The van der Waals surface area contributed by atoms with E-state index in [0.717, 1.165) is 17.7 Å². The van der Waals surface area contributed by atoms with E-state index in [1.807, 2.05) is 24.3 Å². The highest BCUT2D eigenvalue weighted by atomic mass is 16.5. The lowest BCUT2D eigenvalue weighted by molar-refractivity contribution is -0.117. The van der Waals surface area contributed by atoms with Gasteiger partial charge in [0.25, 0.3) is 0 Å². The summed E-state index contributed by atoms with van der Waals surface area (Å²) < 4.78 is 10.5. The van der Waals surface area contributed by atoms with Crippen LogP contribution in [0.3, 0.4) is 0 Å². The largest absolute Gasteiger partial charge is 0.497 e. The zero-order chi connectivity index (χ0) is 19.2. The Morgan fingerprint density at radius 3 is 2.67 bits per heavy atom. The zero-order valence-electron chi connectivity index (χ0n) is 15.4. The molecule has 2 aromatic rings. The van der Waals surface area contributed by atoms with Gasteiger partial charge in [-0.25, -0.2) is 0 Å². The lowest BCUT2D eigenvalue weighted by Crippen LogP contribution is -2.25. The van der Waals surface area contributed by atoms with Gasteiger partial charge in [0.05, 0.1) is 25.6 Å². The SMILES string of the molecule is COc1ccc(/C=C/C(=O)Nc2ccccc2N2CCCC2=O)c(OC)c1. The molecule has 3 rings (SSSR count). The number of hydrogen-bond donors (Lipinski definition) is 1. The molecule has 140 valence electrons. The van der Waals surface area contributed by atoms with Crippen LogP contribution in [0.4, 0.5) is 11.4 Å². The number of rotatable bonds is 6. The van der Waals surface area contributed by atoms with Gasteiger partial charge in [-0.3, -0.25) is 9.59 Å². The lowest BCUT2D eigenvalue weighted by atomic mass is 10.1. The minimum Gasteiger partial charge on any atom is -0.497 e. The van der Waals surface area contributed by atoms with Crippen molar-refractivity contribution in [3.63, 3.8) is 0 Å². The predicted molar refractivity (Wildman–Crippen MR) is 105 cm³/mol. The summed E-state index contributed by atoms with van der Waals surface area (Å²) in [4.78, 5) is 26.1. The third kappa shape index (κ3) is 4.28. The molecule has 0 aliphatic carbocycles. The molecule has 27 heavy (non-hydrogen) atoms. The Labute approximate surface area is 158 Å². The maximum absolute atomic E-state index is 12.4. The summed E-state index contributed by atoms with van der Waals surface area (Å²) in [5, 5.41) is 2.85. The quantitative estimate of drug-likeness (QED) is 0.795. The highest BCUT2D eigenvalue weighted by Crippen LogP contribution is 2.29. The van der Waals surface area contributed by atoms with Crippen molar-refractivity contribution in [3.05, 3.63) is 54.1 Å². The second kappa shape index (κ2) is 8.40. The molecule has 1 N–H and O–H groups in total. The van der Waals surface area contributed by atoms with E-state index in [0.29, 0.717) is 30.2 Å². The Morgan fingerprint density at radius 1 is 1.15 bits per heavy atom. The molecule has 0 spiro atoms. The Balaban J connectivity index is 1.75. The van der Waals surface area contributed by atoms with E-state index in [1.165, 1.54) is 6.08 Å². The van der Waals surface area contributed by atoms with Crippen LogP contribution in [0.2, 0.25) is 0 Å². The van der Waals surface area contributed by atoms with Crippen molar-refractivity contribution in [1.82, 2.24) is 0 Å². The van der Waals surface area contributed by atoms with Crippen molar-refractivity contribution >= 4 is 29.3 Å². The van der Waals surface area contributed by atoms with Gasteiger partial charge in [0.1, 0.15) is 11.5 Å². The third-order valence-corrected chi connectivity index (χ3v) is 4.38. The average molecular weight is 366 g/mol. The minimum absolute atomic E-state index is 0.0789. The predicted octanol–water partition coefficient (Wildman–Crippen LogP) is 3.48. The van der Waals surface area contributed by atoms with E-state index < -0.39 is 0 Å².